The van der Waals surface area contributed by atoms with Crippen LogP contribution in [0.25, 0.3) is 11.0 Å². The van der Waals surface area contributed by atoms with Crippen molar-refractivity contribution in [2.75, 3.05) is 13.2 Å². The molecule has 0 aliphatic carbocycles. The van der Waals surface area contributed by atoms with Crippen LogP contribution in [0.4, 0.5) is 0 Å². The number of imidazole rings is 1. The number of nitrogens with zero attached hydrogens (tertiary/aromatic N) is 2. The van der Waals surface area contributed by atoms with Gasteiger partial charge in [-0.05, 0) is 56.0 Å². The lowest BCUT2D eigenvalue weighted by Gasteiger charge is -2.12. The molecule has 4 heteroatoms. The number of ether oxygens (including phenoxy) is 1. The van der Waals surface area contributed by atoms with Gasteiger partial charge in [-0.3, -0.25) is 0 Å². The molecule has 0 fully saturated rings. The summed E-state index contributed by atoms with van der Waals surface area (Å²) in [6, 6.07) is 14.4. The normalized spacial score (nSPS) is 11.2. The van der Waals surface area contributed by atoms with Gasteiger partial charge in [0.05, 0.1) is 17.6 Å². The van der Waals surface area contributed by atoms with Gasteiger partial charge in [-0.2, -0.15) is 0 Å². The van der Waals surface area contributed by atoms with Crippen molar-refractivity contribution < 1.29 is 9.84 Å². The van der Waals surface area contributed by atoms with E-state index in [2.05, 4.69) is 30.5 Å². The number of rotatable bonds is 8. The van der Waals surface area contributed by atoms with Crippen LogP contribution in [-0.2, 0) is 13.0 Å². The number of aromatic nitrogens is 2. The molecule has 0 unspecified atom stereocenters. The first-order valence-electron chi connectivity index (χ1n) is 8.94. The molecule has 3 rings (SSSR count). The monoisotopic (exact) mass is 338 g/mol. The highest BCUT2D eigenvalue weighted by atomic mass is 16.5. The quantitative estimate of drug-likeness (QED) is 0.630. The molecule has 132 valence electrons. The van der Waals surface area contributed by atoms with E-state index in [4.69, 9.17) is 14.8 Å². The fourth-order valence-corrected chi connectivity index (χ4v) is 3.09. The Balaban J connectivity index is 1.67. The van der Waals surface area contributed by atoms with E-state index in [1.54, 1.807) is 0 Å². The Morgan fingerprint density at radius 1 is 1.04 bits per heavy atom. The Hall–Kier alpha value is -2.33. The van der Waals surface area contributed by atoms with Crippen LogP contribution in [-0.4, -0.2) is 27.9 Å². The molecule has 0 aliphatic heterocycles. The van der Waals surface area contributed by atoms with E-state index < -0.39 is 0 Å². The van der Waals surface area contributed by atoms with Gasteiger partial charge < -0.3 is 14.4 Å². The molecule has 0 spiro atoms. The van der Waals surface area contributed by atoms with Gasteiger partial charge in [0.25, 0.3) is 0 Å². The molecule has 0 saturated carbocycles. The van der Waals surface area contributed by atoms with Crippen molar-refractivity contribution in [3.05, 3.63) is 59.4 Å². The van der Waals surface area contributed by atoms with E-state index in [1.165, 1.54) is 11.1 Å². The maximum absolute atomic E-state index is 9.12. The average Bonchev–Trinajstić information content (AvgIpc) is 2.98. The predicted octanol–water partition coefficient (Wildman–Crippen LogP) is 4.05. The fraction of sp³-hybridized carbons (Fsp3) is 0.381. The largest absolute Gasteiger partial charge is 0.493 e. The molecule has 4 nitrogen and oxygen atoms in total. The number of benzene rings is 2. The van der Waals surface area contributed by atoms with Crippen molar-refractivity contribution >= 4 is 11.0 Å². The van der Waals surface area contributed by atoms with Gasteiger partial charge in [-0.1, -0.05) is 24.3 Å². The van der Waals surface area contributed by atoms with Crippen molar-refractivity contribution in [3.63, 3.8) is 0 Å². The van der Waals surface area contributed by atoms with Crippen LogP contribution < -0.4 is 4.74 Å². The number of fused-ring (bicyclic) bond motifs is 1. The second kappa shape index (κ2) is 8.17. The SMILES string of the molecule is Cc1cccc(OCCCn2c(CCCO)nc3ccccc32)c1C. The number of aliphatic hydroxyl groups excluding tert-OH is 1. The Morgan fingerprint density at radius 2 is 1.88 bits per heavy atom. The van der Waals surface area contributed by atoms with Gasteiger partial charge in [0.15, 0.2) is 0 Å². The van der Waals surface area contributed by atoms with Crippen LogP contribution in [0.15, 0.2) is 42.5 Å². The minimum Gasteiger partial charge on any atom is -0.493 e. The molecular formula is C21H26N2O2. The highest BCUT2D eigenvalue weighted by Crippen LogP contribution is 2.21. The molecule has 25 heavy (non-hydrogen) atoms. The summed E-state index contributed by atoms with van der Waals surface area (Å²) < 4.78 is 8.24. The third-order valence-corrected chi connectivity index (χ3v) is 4.63. The summed E-state index contributed by atoms with van der Waals surface area (Å²) in [5, 5.41) is 9.12. The molecule has 1 aromatic heterocycles. The third-order valence-electron chi connectivity index (χ3n) is 4.63. The van der Waals surface area contributed by atoms with Crippen LogP contribution in [0.3, 0.4) is 0 Å². The number of aryl methyl sites for hydroxylation is 3. The highest BCUT2D eigenvalue weighted by molar-refractivity contribution is 5.75. The Kier molecular flexibility index (Phi) is 5.71. The predicted molar refractivity (Wildman–Crippen MR) is 101 cm³/mol. The standard InChI is InChI=1S/C21H26N2O2/c1-16-8-5-11-20(17(16)2)25-15-7-13-23-19-10-4-3-9-18(19)22-21(23)12-6-14-24/h3-5,8-11,24H,6-7,12-15H2,1-2H3. The Morgan fingerprint density at radius 3 is 2.72 bits per heavy atom. The topological polar surface area (TPSA) is 47.3 Å². The lowest BCUT2D eigenvalue weighted by atomic mass is 10.1. The lowest BCUT2D eigenvalue weighted by Crippen LogP contribution is -2.09. The first-order chi connectivity index (χ1) is 12.2. The minimum absolute atomic E-state index is 0.193. The van der Waals surface area contributed by atoms with Crippen LogP contribution in [0.1, 0.15) is 29.8 Å². The van der Waals surface area contributed by atoms with Crippen molar-refractivity contribution in [1.29, 1.82) is 0 Å². The summed E-state index contributed by atoms with van der Waals surface area (Å²) >= 11 is 0. The number of aliphatic hydroxyl groups is 1. The molecule has 2 aromatic carbocycles. The highest BCUT2D eigenvalue weighted by Gasteiger charge is 2.10. The number of para-hydroxylation sites is 2. The molecule has 1 heterocycles. The molecular weight excluding hydrogens is 312 g/mol. The zero-order valence-electron chi connectivity index (χ0n) is 15.0. The Bertz CT molecular complexity index is 839. The minimum atomic E-state index is 0.193. The first kappa shape index (κ1) is 17.5. The molecule has 0 amide bonds. The van der Waals surface area contributed by atoms with E-state index in [9.17, 15) is 0 Å². The lowest BCUT2D eigenvalue weighted by molar-refractivity contribution is 0.285. The van der Waals surface area contributed by atoms with Gasteiger partial charge >= 0.3 is 0 Å². The van der Waals surface area contributed by atoms with Gasteiger partial charge in [-0.15, -0.1) is 0 Å². The number of hydrogen-bond acceptors (Lipinski definition) is 3. The van der Waals surface area contributed by atoms with Gasteiger partial charge in [0, 0.05) is 19.6 Å². The summed E-state index contributed by atoms with van der Waals surface area (Å²) in [5.74, 6) is 2.01. The second-order valence-electron chi connectivity index (χ2n) is 6.40. The van der Waals surface area contributed by atoms with E-state index in [-0.39, 0.29) is 6.61 Å². The fourth-order valence-electron chi connectivity index (χ4n) is 3.09. The van der Waals surface area contributed by atoms with Crippen molar-refractivity contribution in [2.24, 2.45) is 0 Å². The molecule has 0 radical (unpaired) electrons. The van der Waals surface area contributed by atoms with E-state index in [0.717, 1.165) is 48.4 Å². The Labute approximate surface area is 149 Å². The van der Waals surface area contributed by atoms with Gasteiger partial charge in [-0.25, -0.2) is 4.98 Å². The first-order valence-corrected chi connectivity index (χ1v) is 8.94. The van der Waals surface area contributed by atoms with Crippen molar-refractivity contribution in [3.8, 4) is 5.75 Å². The second-order valence-corrected chi connectivity index (χ2v) is 6.40. The summed E-state index contributed by atoms with van der Waals surface area (Å²) in [7, 11) is 0. The number of hydrogen-bond donors (Lipinski definition) is 1. The molecule has 0 aliphatic rings. The van der Waals surface area contributed by atoms with Gasteiger partial charge in [0.1, 0.15) is 11.6 Å². The summed E-state index contributed by atoms with van der Waals surface area (Å²) in [6.45, 7) is 5.94. The molecule has 3 aromatic rings. The third kappa shape index (κ3) is 4.02. The summed E-state index contributed by atoms with van der Waals surface area (Å²) in [6.07, 6.45) is 2.45. The van der Waals surface area contributed by atoms with Crippen LogP contribution >= 0.6 is 0 Å². The molecule has 0 saturated heterocycles. The van der Waals surface area contributed by atoms with E-state index in [1.807, 2.05) is 30.3 Å². The van der Waals surface area contributed by atoms with Crippen LogP contribution in [0, 0.1) is 13.8 Å². The zero-order chi connectivity index (χ0) is 17.6. The summed E-state index contributed by atoms with van der Waals surface area (Å²) in [5.41, 5.74) is 4.64. The van der Waals surface area contributed by atoms with Gasteiger partial charge in [0.2, 0.25) is 0 Å². The molecule has 0 atom stereocenters. The van der Waals surface area contributed by atoms with E-state index in [0.29, 0.717) is 6.61 Å². The molecule has 1 N–H and O–H groups in total. The molecule has 0 bridgehead atoms. The van der Waals surface area contributed by atoms with Crippen LogP contribution in [0.5, 0.6) is 5.75 Å². The maximum atomic E-state index is 9.12. The zero-order valence-corrected chi connectivity index (χ0v) is 15.0. The maximum Gasteiger partial charge on any atom is 0.122 e. The summed E-state index contributed by atoms with van der Waals surface area (Å²) in [4.78, 5) is 4.72. The smallest absolute Gasteiger partial charge is 0.122 e. The van der Waals surface area contributed by atoms with Crippen molar-refractivity contribution in [1.82, 2.24) is 9.55 Å². The van der Waals surface area contributed by atoms with E-state index >= 15 is 0 Å². The van der Waals surface area contributed by atoms with Crippen LogP contribution in [0.2, 0.25) is 0 Å². The average molecular weight is 338 g/mol. The van der Waals surface area contributed by atoms with Crippen molar-refractivity contribution in [2.45, 2.75) is 39.7 Å².